The maximum Gasteiger partial charge on any atom is 0.323 e. The third-order valence-corrected chi connectivity index (χ3v) is 10.7. The van der Waals surface area contributed by atoms with E-state index < -0.39 is 17.9 Å². The standard InChI is InChI=1S/C15H16N2O3.C11H18N2O4S.C7H14N2O.C4H4O3S/c1-10-8-13(18)16(9-10)6-7-17-14(19)11-4-2-3-5-12(11)15(17)20;1-8-4-10(15)13(5-8)3-2-12-9(14)6-18-7-11(16)17;1-6-4-7(10)9(5-6)3-2-8;5-3-1-8-2-4(6)7-3/h2-5,10H,6-9H2,1H3;8H,2-7H2,1H3,(H,12,14)(H,16,17);6H,2-5,8H2,1H3;1-2H2/t10-;8-;6-;/m000./s1. The number of ether oxygens (including phenoxy) is 1. The topological polar surface area (TPSA) is 234 Å². The predicted molar refractivity (Wildman–Crippen MR) is 208 cm³/mol. The van der Waals surface area contributed by atoms with Crippen LogP contribution in [0.3, 0.4) is 0 Å². The highest BCUT2D eigenvalue weighted by molar-refractivity contribution is 8.00. The number of rotatable bonds is 12. The van der Waals surface area contributed by atoms with Crippen molar-refractivity contribution in [3.8, 4) is 0 Å². The van der Waals surface area contributed by atoms with Gasteiger partial charge in [0, 0.05) is 78.2 Å². The second-order valence-electron chi connectivity index (χ2n) is 14.1. The first-order chi connectivity index (χ1) is 26.6. The highest BCUT2D eigenvalue weighted by Crippen LogP contribution is 2.23. The van der Waals surface area contributed by atoms with E-state index in [1.165, 1.54) is 16.7 Å². The highest BCUT2D eigenvalue weighted by atomic mass is 32.2. The van der Waals surface area contributed by atoms with Gasteiger partial charge in [0.25, 0.3) is 11.8 Å². The number of nitrogens with one attached hydrogen (secondary N) is 1. The summed E-state index contributed by atoms with van der Waals surface area (Å²) in [6, 6.07) is 6.83. The summed E-state index contributed by atoms with van der Waals surface area (Å²) < 4.78 is 4.19. The van der Waals surface area contributed by atoms with Gasteiger partial charge in [0.1, 0.15) is 0 Å². The molecule has 5 aliphatic heterocycles. The number of imide groups is 1. The van der Waals surface area contributed by atoms with Gasteiger partial charge in [0.2, 0.25) is 23.6 Å². The first kappa shape index (κ1) is 45.9. The van der Waals surface area contributed by atoms with E-state index in [0.717, 1.165) is 31.4 Å². The molecule has 19 heteroatoms. The summed E-state index contributed by atoms with van der Waals surface area (Å²) in [7, 11) is 0. The fraction of sp³-hybridized carbons (Fsp3) is 0.595. The van der Waals surface area contributed by atoms with Gasteiger partial charge >= 0.3 is 17.9 Å². The number of hydrogen-bond donors (Lipinski definition) is 3. The number of aliphatic carboxylic acids is 1. The quantitative estimate of drug-likeness (QED) is 0.149. The average molecular weight is 821 g/mol. The molecule has 56 heavy (non-hydrogen) atoms. The van der Waals surface area contributed by atoms with Crippen LogP contribution in [0.4, 0.5) is 0 Å². The summed E-state index contributed by atoms with van der Waals surface area (Å²) in [5.74, 6) is -0.0328. The minimum Gasteiger partial charge on any atom is -0.481 e. The summed E-state index contributed by atoms with van der Waals surface area (Å²) in [6.45, 7) is 11.5. The van der Waals surface area contributed by atoms with Crippen molar-refractivity contribution in [2.45, 2.75) is 40.0 Å². The Hall–Kier alpha value is -4.49. The van der Waals surface area contributed by atoms with Crippen molar-refractivity contribution in [1.82, 2.24) is 24.9 Å². The third-order valence-electron chi connectivity index (χ3n) is 8.92. The summed E-state index contributed by atoms with van der Waals surface area (Å²) in [6.07, 6.45) is 1.85. The van der Waals surface area contributed by atoms with Crippen molar-refractivity contribution >= 4 is 76.9 Å². The van der Waals surface area contributed by atoms with E-state index in [4.69, 9.17) is 10.8 Å². The van der Waals surface area contributed by atoms with Crippen LogP contribution in [-0.2, 0) is 38.3 Å². The number of nitrogens with two attached hydrogens (primary N) is 1. The molecule has 6 amide bonds. The van der Waals surface area contributed by atoms with Crippen LogP contribution in [0, 0.1) is 17.8 Å². The van der Waals surface area contributed by atoms with Crippen LogP contribution < -0.4 is 11.1 Å². The van der Waals surface area contributed by atoms with Crippen molar-refractivity contribution in [2.75, 3.05) is 81.9 Å². The van der Waals surface area contributed by atoms with Gasteiger partial charge in [-0.25, -0.2) is 0 Å². The normalized spacial score (nSPS) is 21.5. The molecule has 308 valence electrons. The number of amides is 6. The van der Waals surface area contributed by atoms with Crippen LogP contribution in [0.1, 0.15) is 60.7 Å². The lowest BCUT2D eigenvalue weighted by atomic mass is 10.1. The number of carboxylic acid groups (broad SMARTS) is 1. The number of carboxylic acids is 1. The van der Waals surface area contributed by atoms with E-state index in [-0.39, 0.29) is 53.5 Å². The van der Waals surface area contributed by atoms with E-state index in [9.17, 15) is 43.2 Å². The Kier molecular flexibility index (Phi) is 18.8. The van der Waals surface area contributed by atoms with Crippen molar-refractivity contribution in [2.24, 2.45) is 23.5 Å². The second kappa shape index (κ2) is 22.9. The Morgan fingerprint density at radius 3 is 1.61 bits per heavy atom. The molecular weight excluding hydrogens is 769 g/mol. The number of benzene rings is 1. The molecule has 5 heterocycles. The minimum absolute atomic E-state index is 0.0739. The number of hydrogen-bond acceptors (Lipinski definition) is 13. The highest BCUT2D eigenvalue weighted by Gasteiger charge is 2.36. The second-order valence-corrected chi connectivity index (χ2v) is 16.1. The Bertz CT molecular complexity index is 1580. The van der Waals surface area contributed by atoms with Gasteiger partial charge in [-0.3, -0.25) is 48.1 Å². The Balaban J connectivity index is 0.000000213. The molecule has 17 nitrogen and oxygen atoms in total. The molecule has 0 aliphatic carbocycles. The maximum atomic E-state index is 12.2. The molecule has 3 atom stereocenters. The van der Waals surface area contributed by atoms with Crippen LogP contribution in [0.25, 0.3) is 0 Å². The first-order valence-electron chi connectivity index (χ1n) is 18.5. The lowest BCUT2D eigenvalue weighted by molar-refractivity contribution is -0.156. The lowest BCUT2D eigenvalue weighted by Gasteiger charge is -2.20. The molecule has 6 rings (SSSR count). The number of thioether (sulfide) groups is 2. The van der Waals surface area contributed by atoms with Crippen molar-refractivity contribution < 1.29 is 53.0 Å². The molecule has 4 saturated heterocycles. The van der Waals surface area contributed by atoms with Gasteiger partial charge in [-0.1, -0.05) is 32.9 Å². The van der Waals surface area contributed by atoms with Gasteiger partial charge in [0.15, 0.2) is 0 Å². The molecule has 0 bridgehead atoms. The van der Waals surface area contributed by atoms with E-state index in [2.05, 4.69) is 17.0 Å². The number of carbonyl (C=O) groups excluding carboxylic acids is 8. The largest absolute Gasteiger partial charge is 0.481 e. The molecule has 5 aliphatic rings. The van der Waals surface area contributed by atoms with E-state index in [1.54, 1.807) is 34.1 Å². The summed E-state index contributed by atoms with van der Waals surface area (Å²) in [4.78, 5) is 107. The molecule has 1 aromatic rings. The zero-order valence-electron chi connectivity index (χ0n) is 32.1. The van der Waals surface area contributed by atoms with Crippen LogP contribution in [-0.4, -0.2) is 160 Å². The zero-order valence-corrected chi connectivity index (χ0v) is 33.7. The maximum absolute atomic E-state index is 12.2. The summed E-state index contributed by atoms with van der Waals surface area (Å²) >= 11 is 2.35. The number of fused-ring (bicyclic) bond motifs is 1. The fourth-order valence-corrected chi connectivity index (χ4v) is 7.51. The molecule has 4 N–H and O–H groups in total. The van der Waals surface area contributed by atoms with Crippen molar-refractivity contribution in [3.63, 3.8) is 0 Å². The smallest absolute Gasteiger partial charge is 0.323 e. The lowest BCUT2D eigenvalue weighted by Crippen LogP contribution is -2.38. The van der Waals surface area contributed by atoms with Gasteiger partial charge in [-0.05, 0) is 29.9 Å². The first-order valence-corrected chi connectivity index (χ1v) is 20.8. The number of esters is 2. The van der Waals surface area contributed by atoms with Gasteiger partial charge in [0.05, 0.1) is 34.1 Å². The summed E-state index contributed by atoms with van der Waals surface area (Å²) in [5, 5.41) is 11.1. The molecule has 0 radical (unpaired) electrons. The van der Waals surface area contributed by atoms with E-state index in [1.807, 2.05) is 18.7 Å². The number of carbonyl (C=O) groups is 9. The SMILES string of the molecule is C[C@H]1CC(=O)N(CCN)C1.C[C@H]1CC(=O)N(CCN2C(=O)c3ccccc3C2=O)C1.C[C@H]1CC(=O)N(CCNC(=O)CSCC(=O)O)C1.O=C1CSCC(=O)O1. The van der Waals surface area contributed by atoms with Crippen LogP contribution in [0.5, 0.6) is 0 Å². The Labute approximate surface area is 334 Å². The number of cyclic esters (lactones) is 2. The zero-order chi connectivity index (χ0) is 41.4. The molecule has 4 fully saturated rings. The number of likely N-dealkylation sites (tertiary alicyclic amines) is 3. The minimum atomic E-state index is -0.926. The van der Waals surface area contributed by atoms with Gasteiger partial charge in [-0.15, -0.1) is 23.5 Å². The van der Waals surface area contributed by atoms with Crippen molar-refractivity contribution in [3.05, 3.63) is 35.4 Å². The Morgan fingerprint density at radius 2 is 1.21 bits per heavy atom. The molecule has 0 saturated carbocycles. The summed E-state index contributed by atoms with van der Waals surface area (Å²) in [5.41, 5.74) is 6.24. The third kappa shape index (κ3) is 14.9. The molecule has 1 aromatic carbocycles. The van der Waals surface area contributed by atoms with Gasteiger partial charge in [-0.2, -0.15) is 0 Å². The van der Waals surface area contributed by atoms with Crippen LogP contribution in [0.2, 0.25) is 0 Å². The van der Waals surface area contributed by atoms with E-state index in [0.29, 0.717) is 92.4 Å². The average Bonchev–Trinajstić information content (AvgIpc) is 3.82. The molecule has 0 unspecified atom stereocenters. The molecule has 0 spiro atoms. The monoisotopic (exact) mass is 820 g/mol. The van der Waals surface area contributed by atoms with Crippen LogP contribution >= 0.6 is 23.5 Å². The number of nitrogens with zero attached hydrogens (tertiary/aromatic N) is 4. The fourth-order valence-electron chi connectivity index (χ4n) is 6.39. The van der Waals surface area contributed by atoms with Crippen LogP contribution in [0.15, 0.2) is 24.3 Å². The van der Waals surface area contributed by atoms with E-state index >= 15 is 0 Å². The molecular formula is C37H52N6O11S2. The van der Waals surface area contributed by atoms with Gasteiger partial charge < -0.3 is 35.6 Å². The van der Waals surface area contributed by atoms with Crippen molar-refractivity contribution in [1.29, 1.82) is 0 Å². The molecule has 0 aromatic heterocycles. The predicted octanol–water partition coefficient (Wildman–Crippen LogP) is 0.556. The Morgan fingerprint density at radius 1 is 0.750 bits per heavy atom.